The van der Waals surface area contributed by atoms with Crippen molar-refractivity contribution in [1.29, 1.82) is 0 Å². The van der Waals surface area contributed by atoms with Gasteiger partial charge in [0.1, 0.15) is 5.82 Å². The Balaban J connectivity index is 1.87. The predicted molar refractivity (Wildman–Crippen MR) is 91.7 cm³/mol. The standard InChI is InChI=1S/C18H24F2N4O/c1-3-23-15(10-13-6-8-21-9-7-13)22-24(18(23)25)11-14-5-4-12(2)16(19)17(14)20/h4-5,13,21H,3,6-11H2,1-2H3. The molecule has 0 bridgehead atoms. The van der Waals surface area contributed by atoms with Crippen LogP contribution in [0, 0.1) is 24.5 Å². The van der Waals surface area contributed by atoms with Gasteiger partial charge in [0, 0.05) is 18.5 Å². The van der Waals surface area contributed by atoms with Crippen molar-refractivity contribution in [2.24, 2.45) is 5.92 Å². The average Bonchev–Trinajstić information content (AvgIpc) is 2.91. The number of hydrogen-bond acceptors (Lipinski definition) is 3. The Kier molecular flexibility index (Phi) is 5.32. The first-order chi connectivity index (χ1) is 12.0. The number of nitrogens with zero attached hydrogens (tertiary/aromatic N) is 3. The summed E-state index contributed by atoms with van der Waals surface area (Å²) in [4.78, 5) is 12.6. The first kappa shape index (κ1) is 17.8. The van der Waals surface area contributed by atoms with Crippen molar-refractivity contribution in [2.45, 2.75) is 46.2 Å². The Morgan fingerprint density at radius 2 is 1.96 bits per heavy atom. The second kappa shape index (κ2) is 7.47. The molecule has 136 valence electrons. The quantitative estimate of drug-likeness (QED) is 0.900. The molecular formula is C18H24F2N4O. The Bertz CT molecular complexity index is 806. The molecule has 0 radical (unpaired) electrons. The van der Waals surface area contributed by atoms with Gasteiger partial charge in [-0.15, -0.1) is 0 Å². The van der Waals surface area contributed by atoms with Crippen molar-refractivity contribution in [3.63, 3.8) is 0 Å². The Labute approximate surface area is 145 Å². The van der Waals surface area contributed by atoms with E-state index >= 15 is 0 Å². The molecule has 0 aliphatic carbocycles. The van der Waals surface area contributed by atoms with Crippen molar-refractivity contribution in [2.75, 3.05) is 13.1 Å². The molecule has 7 heteroatoms. The molecular weight excluding hydrogens is 326 g/mol. The molecule has 1 aromatic carbocycles. The zero-order valence-electron chi connectivity index (χ0n) is 14.7. The maximum absolute atomic E-state index is 14.1. The Morgan fingerprint density at radius 3 is 2.64 bits per heavy atom. The van der Waals surface area contributed by atoms with Crippen molar-refractivity contribution < 1.29 is 8.78 Å². The SMILES string of the molecule is CCn1c(CC2CCNCC2)nn(Cc2ccc(C)c(F)c2F)c1=O. The molecule has 2 aromatic rings. The molecule has 0 unspecified atom stereocenters. The van der Waals surface area contributed by atoms with Crippen LogP contribution in [0.4, 0.5) is 8.78 Å². The van der Waals surface area contributed by atoms with Gasteiger partial charge >= 0.3 is 5.69 Å². The van der Waals surface area contributed by atoms with Gasteiger partial charge in [-0.05, 0) is 51.3 Å². The van der Waals surface area contributed by atoms with Crippen molar-refractivity contribution in [3.8, 4) is 0 Å². The molecule has 1 saturated heterocycles. The average molecular weight is 350 g/mol. The minimum Gasteiger partial charge on any atom is -0.317 e. The third-order valence-corrected chi connectivity index (χ3v) is 4.92. The third kappa shape index (κ3) is 3.66. The molecule has 25 heavy (non-hydrogen) atoms. The number of nitrogens with one attached hydrogen (secondary N) is 1. The third-order valence-electron chi connectivity index (χ3n) is 4.92. The summed E-state index contributed by atoms with van der Waals surface area (Å²) in [5, 5.41) is 7.74. The first-order valence-corrected chi connectivity index (χ1v) is 8.82. The van der Waals surface area contributed by atoms with Crippen LogP contribution >= 0.6 is 0 Å². The molecule has 0 saturated carbocycles. The summed E-state index contributed by atoms with van der Waals surface area (Å²) in [7, 11) is 0. The Hall–Kier alpha value is -2.02. The van der Waals surface area contributed by atoms with Crippen LogP contribution < -0.4 is 11.0 Å². The number of aromatic nitrogens is 3. The smallest absolute Gasteiger partial charge is 0.317 e. The van der Waals surface area contributed by atoms with Gasteiger partial charge in [0.25, 0.3) is 0 Å². The lowest BCUT2D eigenvalue weighted by molar-refractivity contribution is 0.362. The largest absolute Gasteiger partial charge is 0.346 e. The van der Waals surface area contributed by atoms with Gasteiger partial charge in [-0.1, -0.05) is 12.1 Å². The number of aryl methyl sites for hydroxylation is 1. The van der Waals surface area contributed by atoms with E-state index in [0.717, 1.165) is 38.2 Å². The van der Waals surface area contributed by atoms with Crippen molar-refractivity contribution in [3.05, 3.63) is 51.2 Å². The highest BCUT2D eigenvalue weighted by Crippen LogP contribution is 2.18. The predicted octanol–water partition coefficient (Wildman–Crippen LogP) is 2.24. The lowest BCUT2D eigenvalue weighted by Gasteiger charge is -2.21. The van der Waals surface area contributed by atoms with Gasteiger partial charge in [-0.3, -0.25) is 4.57 Å². The van der Waals surface area contributed by atoms with Crippen LogP contribution in [0.2, 0.25) is 0 Å². The van der Waals surface area contributed by atoms with Gasteiger partial charge in [0.05, 0.1) is 6.54 Å². The zero-order valence-corrected chi connectivity index (χ0v) is 14.7. The fourth-order valence-electron chi connectivity index (χ4n) is 3.37. The molecule has 1 aromatic heterocycles. The van der Waals surface area contributed by atoms with E-state index in [0.29, 0.717) is 12.5 Å². The molecule has 0 atom stereocenters. The molecule has 5 nitrogen and oxygen atoms in total. The first-order valence-electron chi connectivity index (χ1n) is 8.82. The summed E-state index contributed by atoms with van der Waals surface area (Å²) in [5.74, 6) is -0.545. The topological polar surface area (TPSA) is 51.9 Å². The maximum Gasteiger partial charge on any atom is 0.346 e. The lowest BCUT2D eigenvalue weighted by atomic mass is 9.94. The van der Waals surface area contributed by atoms with Crippen LogP contribution in [0.1, 0.15) is 36.7 Å². The molecule has 0 amide bonds. The second-order valence-electron chi connectivity index (χ2n) is 6.67. The van der Waals surface area contributed by atoms with Crippen LogP contribution in [0.25, 0.3) is 0 Å². The van der Waals surface area contributed by atoms with Gasteiger partial charge in [0.15, 0.2) is 11.6 Å². The monoisotopic (exact) mass is 350 g/mol. The summed E-state index contributed by atoms with van der Waals surface area (Å²) in [6, 6.07) is 3.03. The highest BCUT2D eigenvalue weighted by Gasteiger charge is 2.20. The van der Waals surface area contributed by atoms with Crippen molar-refractivity contribution in [1.82, 2.24) is 19.7 Å². The molecule has 2 heterocycles. The van der Waals surface area contributed by atoms with Crippen LogP contribution in [0.5, 0.6) is 0 Å². The minimum absolute atomic E-state index is 0.0614. The molecule has 1 fully saturated rings. The molecule has 0 spiro atoms. The number of benzene rings is 1. The fraction of sp³-hybridized carbons (Fsp3) is 0.556. The van der Waals surface area contributed by atoms with Gasteiger partial charge in [-0.25, -0.2) is 18.3 Å². The van der Waals surface area contributed by atoms with E-state index in [2.05, 4.69) is 10.4 Å². The minimum atomic E-state index is -0.905. The molecule has 1 aliphatic rings. The van der Waals surface area contributed by atoms with E-state index in [1.165, 1.54) is 23.7 Å². The summed E-state index contributed by atoms with van der Waals surface area (Å²) in [6.45, 7) is 5.83. The number of hydrogen-bond donors (Lipinski definition) is 1. The number of piperidine rings is 1. The summed E-state index contributed by atoms with van der Waals surface area (Å²) in [6.07, 6.45) is 2.85. The Morgan fingerprint density at radius 1 is 1.24 bits per heavy atom. The summed E-state index contributed by atoms with van der Waals surface area (Å²) >= 11 is 0. The van der Waals surface area contributed by atoms with E-state index < -0.39 is 11.6 Å². The molecule has 1 aliphatic heterocycles. The van der Waals surface area contributed by atoms with Gasteiger partial charge in [-0.2, -0.15) is 5.10 Å². The van der Waals surface area contributed by atoms with Crippen molar-refractivity contribution >= 4 is 0 Å². The van der Waals surface area contributed by atoms with Crippen LogP contribution in [-0.2, 0) is 19.5 Å². The van der Waals surface area contributed by atoms with Crippen LogP contribution in [0.3, 0.4) is 0 Å². The van der Waals surface area contributed by atoms with E-state index in [1.54, 1.807) is 4.57 Å². The van der Waals surface area contributed by atoms with Gasteiger partial charge in [0.2, 0.25) is 0 Å². The fourth-order valence-corrected chi connectivity index (χ4v) is 3.37. The second-order valence-corrected chi connectivity index (χ2v) is 6.67. The van der Waals surface area contributed by atoms with Crippen LogP contribution in [0.15, 0.2) is 16.9 Å². The summed E-state index contributed by atoms with van der Waals surface area (Å²) < 4.78 is 30.7. The van der Waals surface area contributed by atoms with Gasteiger partial charge < -0.3 is 5.32 Å². The van der Waals surface area contributed by atoms with E-state index in [4.69, 9.17) is 0 Å². The maximum atomic E-state index is 14.1. The lowest BCUT2D eigenvalue weighted by Crippen LogP contribution is -2.30. The highest BCUT2D eigenvalue weighted by atomic mass is 19.2. The number of rotatable bonds is 5. The summed E-state index contributed by atoms with van der Waals surface area (Å²) in [5.41, 5.74) is 0.116. The zero-order chi connectivity index (χ0) is 18.0. The van der Waals surface area contributed by atoms with Crippen LogP contribution in [-0.4, -0.2) is 27.4 Å². The normalized spacial score (nSPS) is 15.7. The highest BCUT2D eigenvalue weighted by molar-refractivity contribution is 5.25. The van der Waals surface area contributed by atoms with E-state index in [-0.39, 0.29) is 23.4 Å². The number of halogens is 2. The van der Waals surface area contributed by atoms with E-state index in [1.807, 2.05) is 6.92 Å². The van der Waals surface area contributed by atoms with E-state index in [9.17, 15) is 13.6 Å². The molecule has 1 N–H and O–H groups in total. The molecule has 3 rings (SSSR count).